The average Bonchev–Trinajstić information content (AvgIpc) is 2.95. The number of hydrogen-bond acceptors (Lipinski definition) is 4. The molecule has 6 nitrogen and oxygen atoms in total. The van der Waals surface area contributed by atoms with E-state index in [0.717, 1.165) is 31.3 Å². The Balaban J connectivity index is 1.78. The number of hydrogen-bond donors (Lipinski definition) is 2. The fourth-order valence-electron chi connectivity index (χ4n) is 2.16. The summed E-state index contributed by atoms with van der Waals surface area (Å²) in [5.41, 5.74) is 1.70. The summed E-state index contributed by atoms with van der Waals surface area (Å²) in [5.74, 6) is 0. The largest absolute Gasteiger partial charge is 0.310 e. The van der Waals surface area contributed by atoms with Crippen LogP contribution in [0.2, 0.25) is 0 Å². The van der Waals surface area contributed by atoms with Crippen molar-refractivity contribution in [1.29, 1.82) is 0 Å². The molecule has 0 aliphatic rings. The van der Waals surface area contributed by atoms with Gasteiger partial charge in [0.15, 0.2) is 0 Å². The van der Waals surface area contributed by atoms with Gasteiger partial charge in [-0.05, 0) is 43.7 Å². The quantitative estimate of drug-likeness (QED) is 0.729. The molecule has 7 heteroatoms. The molecule has 0 aliphatic carbocycles. The van der Waals surface area contributed by atoms with Crippen LogP contribution < -0.4 is 10.0 Å². The Morgan fingerprint density at radius 2 is 2.00 bits per heavy atom. The van der Waals surface area contributed by atoms with E-state index in [-0.39, 0.29) is 6.04 Å². The lowest BCUT2D eigenvalue weighted by Gasteiger charge is -2.15. The summed E-state index contributed by atoms with van der Waals surface area (Å²) < 4.78 is 26.7. The molecule has 0 saturated heterocycles. The molecule has 2 N–H and O–H groups in total. The Kier molecular flexibility index (Phi) is 5.57. The topological polar surface area (TPSA) is 76.0 Å². The van der Waals surface area contributed by atoms with Gasteiger partial charge < -0.3 is 5.32 Å². The molecule has 0 fully saturated rings. The van der Waals surface area contributed by atoms with Crippen LogP contribution in [0.3, 0.4) is 0 Å². The highest BCUT2D eigenvalue weighted by molar-refractivity contribution is 7.92. The normalized spacial score (nSPS) is 13.0. The third-order valence-corrected chi connectivity index (χ3v) is 3.89. The van der Waals surface area contributed by atoms with Gasteiger partial charge in [-0.2, -0.15) is 5.10 Å². The Bertz CT molecular complexity index is 666. The zero-order valence-corrected chi connectivity index (χ0v) is 13.7. The van der Waals surface area contributed by atoms with Gasteiger partial charge in [-0.3, -0.25) is 9.40 Å². The van der Waals surface area contributed by atoms with E-state index >= 15 is 0 Å². The number of aromatic nitrogens is 2. The molecule has 1 aromatic carbocycles. The minimum Gasteiger partial charge on any atom is -0.310 e. The molecule has 120 valence electrons. The van der Waals surface area contributed by atoms with Crippen LogP contribution in [0.5, 0.6) is 0 Å². The van der Waals surface area contributed by atoms with Gasteiger partial charge in [0, 0.05) is 30.7 Å². The molecule has 0 amide bonds. The van der Waals surface area contributed by atoms with Gasteiger partial charge in [0.25, 0.3) is 0 Å². The predicted molar refractivity (Wildman–Crippen MR) is 88.2 cm³/mol. The highest BCUT2D eigenvalue weighted by Gasteiger charge is 2.06. The summed E-state index contributed by atoms with van der Waals surface area (Å²) in [6.45, 7) is 3.88. The molecular weight excluding hydrogens is 300 g/mol. The molecule has 22 heavy (non-hydrogen) atoms. The standard InChI is InChI=1S/C15H22N4O2S/c1-13(16-9-3-11-19-12-4-10-17-19)14-5-7-15(8-6-14)18-22(2,20)21/h4-8,10,12-13,16,18H,3,9,11H2,1-2H3/t13-/m1/s1. The number of sulfonamides is 1. The highest BCUT2D eigenvalue weighted by atomic mass is 32.2. The second-order valence-electron chi connectivity index (χ2n) is 5.29. The van der Waals surface area contributed by atoms with Crippen molar-refractivity contribution in [2.45, 2.75) is 25.9 Å². The average molecular weight is 322 g/mol. The summed E-state index contributed by atoms with van der Waals surface area (Å²) in [7, 11) is -3.22. The van der Waals surface area contributed by atoms with Gasteiger partial charge in [-0.15, -0.1) is 0 Å². The van der Waals surface area contributed by atoms with E-state index in [1.165, 1.54) is 0 Å². The van der Waals surface area contributed by atoms with E-state index in [4.69, 9.17) is 0 Å². The summed E-state index contributed by atoms with van der Waals surface area (Å²) in [4.78, 5) is 0. The molecule has 1 aromatic heterocycles. The Labute approximate surface area is 131 Å². The van der Waals surface area contributed by atoms with Crippen molar-refractivity contribution in [1.82, 2.24) is 15.1 Å². The van der Waals surface area contributed by atoms with Crippen molar-refractivity contribution in [3.8, 4) is 0 Å². The first-order chi connectivity index (χ1) is 10.4. The molecular formula is C15H22N4O2S. The number of nitrogens with zero attached hydrogens (tertiary/aromatic N) is 2. The lowest BCUT2D eigenvalue weighted by atomic mass is 10.1. The van der Waals surface area contributed by atoms with Crippen molar-refractivity contribution in [3.05, 3.63) is 48.3 Å². The number of benzene rings is 1. The maximum Gasteiger partial charge on any atom is 0.229 e. The molecule has 0 bridgehead atoms. The zero-order valence-electron chi connectivity index (χ0n) is 12.9. The van der Waals surface area contributed by atoms with Crippen molar-refractivity contribution >= 4 is 15.7 Å². The molecule has 2 aromatic rings. The van der Waals surface area contributed by atoms with Gasteiger partial charge in [0.2, 0.25) is 10.0 Å². The number of rotatable bonds is 8. The van der Waals surface area contributed by atoms with Gasteiger partial charge in [-0.1, -0.05) is 12.1 Å². The summed E-state index contributed by atoms with van der Waals surface area (Å²) in [6, 6.07) is 9.54. The third kappa shape index (κ3) is 5.50. The number of anilines is 1. The van der Waals surface area contributed by atoms with Crippen LogP contribution in [0.1, 0.15) is 24.9 Å². The molecule has 1 heterocycles. The molecule has 0 aliphatic heterocycles. The van der Waals surface area contributed by atoms with Gasteiger partial charge >= 0.3 is 0 Å². The summed E-state index contributed by atoms with van der Waals surface area (Å²) in [5, 5.41) is 7.61. The molecule has 2 rings (SSSR count). The summed E-state index contributed by atoms with van der Waals surface area (Å²) in [6.07, 6.45) is 5.88. The summed E-state index contributed by atoms with van der Waals surface area (Å²) >= 11 is 0. The van der Waals surface area contributed by atoms with E-state index in [1.54, 1.807) is 18.3 Å². The lowest BCUT2D eigenvalue weighted by Crippen LogP contribution is -2.21. The monoisotopic (exact) mass is 322 g/mol. The van der Waals surface area contributed by atoms with Crippen LogP contribution in [0.15, 0.2) is 42.7 Å². The number of nitrogens with one attached hydrogen (secondary N) is 2. The van der Waals surface area contributed by atoms with Crippen molar-refractivity contribution in [3.63, 3.8) is 0 Å². The minimum atomic E-state index is -3.22. The predicted octanol–water partition coefficient (Wildman–Crippen LogP) is 2.00. The van der Waals surface area contributed by atoms with Crippen LogP contribution >= 0.6 is 0 Å². The molecule has 0 unspecified atom stereocenters. The van der Waals surface area contributed by atoms with E-state index in [9.17, 15) is 8.42 Å². The second kappa shape index (κ2) is 7.42. The van der Waals surface area contributed by atoms with Crippen molar-refractivity contribution in [2.24, 2.45) is 0 Å². The Morgan fingerprint density at radius 3 is 2.59 bits per heavy atom. The molecule has 0 radical (unpaired) electrons. The SMILES string of the molecule is C[C@@H](NCCCn1cccn1)c1ccc(NS(C)(=O)=O)cc1. The third-order valence-electron chi connectivity index (χ3n) is 3.29. The van der Waals surface area contributed by atoms with Crippen LogP contribution in [-0.2, 0) is 16.6 Å². The van der Waals surface area contributed by atoms with E-state index in [1.807, 2.05) is 29.1 Å². The van der Waals surface area contributed by atoms with Gasteiger partial charge in [0.05, 0.1) is 6.26 Å². The lowest BCUT2D eigenvalue weighted by molar-refractivity contribution is 0.507. The Morgan fingerprint density at radius 1 is 1.27 bits per heavy atom. The van der Waals surface area contributed by atoms with E-state index < -0.39 is 10.0 Å². The van der Waals surface area contributed by atoms with E-state index in [2.05, 4.69) is 22.1 Å². The first kappa shape index (κ1) is 16.5. The number of aryl methyl sites for hydroxylation is 1. The smallest absolute Gasteiger partial charge is 0.229 e. The van der Waals surface area contributed by atoms with Crippen LogP contribution in [0, 0.1) is 0 Å². The van der Waals surface area contributed by atoms with Crippen molar-refractivity contribution in [2.75, 3.05) is 17.5 Å². The van der Waals surface area contributed by atoms with Crippen molar-refractivity contribution < 1.29 is 8.42 Å². The van der Waals surface area contributed by atoms with Gasteiger partial charge in [-0.25, -0.2) is 8.42 Å². The second-order valence-corrected chi connectivity index (χ2v) is 7.04. The van der Waals surface area contributed by atoms with E-state index in [0.29, 0.717) is 5.69 Å². The van der Waals surface area contributed by atoms with Gasteiger partial charge in [0.1, 0.15) is 0 Å². The first-order valence-corrected chi connectivity index (χ1v) is 9.12. The maximum atomic E-state index is 11.2. The van der Waals surface area contributed by atoms with Crippen LogP contribution in [0.4, 0.5) is 5.69 Å². The fraction of sp³-hybridized carbons (Fsp3) is 0.400. The highest BCUT2D eigenvalue weighted by Crippen LogP contribution is 2.16. The molecule has 1 atom stereocenters. The molecule has 0 saturated carbocycles. The zero-order chi connectivity index (χ0) is 16.0. The van der Waals surface area contributed by atoms with Crippen LogP contribution in [-0.4, -0.2) is 31.0 Å². The van der Waals surface area contributed by atoms with Crippen LogP contribution in [0.25, 0.3) is 0 Å². The molecule has 0 spiro atoms. The first-order valence-electron chi connectivity index (χ1n) is 7.22. The fourth-order valence-corrected chi connectivity index (χ4v) is 2.73. The Hall–Kier alpha value is -1.86. The maximum absolute atomic E-state index is 11.2. The minimum absolute atomic E-state index is 0.213.